The van der Waals surface area contributed by atoms with Crippen molar-refractivity contribution in [3.8, 4) is 0 Å². The highest BCUT2D eigenvalue weighted by molar-refractivity contribution is 7.91. The molecule has 74 valence electrons. The highest BCUT2D eigenvalue weighted by Gasteiger charge is 2.09. The zero-order chi connectivity index (χ0) is 9.73. The third-order valence-corrected chi connectivity index (χ3v) is 3.32. The summed E-state index contributed by atoms with van der Waals surface area (Å²) in [6.07, 6.45) is 3.70. The van der Waals surface area contributed by atoms with E-state index in [4.69, 9.17) is 5.73 Å². The minimum Gasteiger partial charge on any atom is -0.349 e. The number of aromatic amines is 1. The van der Waals surface area contributed by atoms with Crippen molar-refractivity contribution in [2.45, 2.75) is 6.42 Å². The Kier molecular flexibility index (Phi) is 3.44. The Morgan fingerprint density at radius 3 is 2.77 bits per heavy atom. The molecule has 0 bridgehead atoms. The third-order valence-electron chi connectivity index (χ3n) is 1.63. The molecule has 0 aromatic carbocycles. The van der Waals surface area contributed by atoms with Crippen LogP contribution in [0, 0.1) is 0 Å². The molecular formula is C7H13N3O2S. The number of nitrogens with one attached hydrogen (secondary N) is 1. The van der Waals surface area contributed by atoms with Gasteiger partial charge in [0.2, 0.25) is 0 Å². The van der Waals surface area contributed by atoms with Crippen LogP contribution >= 0.6 is 0 Å². The fourth-order valence-electron chi connectivity index (χ4n) is 0.968. The Bertz CT molecular complexity index is 331. The standard InChI is InChI=1S/C7H13N3O2S/c8-2-6-13(11,12)5-1-7-9-3-4-10-7/h3-4H,1-2,5-6,8H2,(H,9,10). The van der Waals surface area contributed by atoms with Gasteiger partial charge in [0, 0.05) is 25.4 Å². The molecule has 6 heteroatoms. The molecule has 0 saturated carbocycles. The van der Waals surface area contributed by atoms with E-state index in [1.54, 1.807) is 12.4 Å². The van der Waals surface area contributed by atoms with Crippen molar-refractivity contribution in [1.29, 1.82) is 0 Å². The average Bonchev–Trinajstić information content (AvgIpc) is 2.52. The molecule has 1 aromatic heterocycles. The summed E-state index contributed by atoms with van der Waals surface area (Å²) in [6, 6.07) is 0. The molecule has 0 radical (unpaired) electrons. The predicted octanol–water partition coefficient (Wildman–Crippen LogP) is -0.674. The van der Waals surface area contributed by atoms with Gasteiger partial charge < -0.3 is 10.7 Å². The van der Waals surface area contributed by atoms with Gasteiger partial charge >= 0.3 is 0 Å². The Hall–Kier alpha value is -0.880. The molecule has 3 N–H and O–H groups in total. The van der Waals surface area contributed by atoms with Gasteiger partial charge in [-0.2, -0.15) is 0 Å². The van der Waals surface area contributed by atoms with Crippen LogP contribution in [0.4, 0.5) is 0 Å². The van der Waals surface area contributed by atoms with Crippen molar-refractivity contribution in [3.63, 3.8) is 0 Å². The van der Waals surface area contributed by atoms with Gasteiger partial charge in [0.25, 0.3) is 0 Å². The number of sulfone groups is 1. The summed E-state index contributed by atoms with van der Waals surface area (Å²) in [4.78, 5) is 6.77. The lowest BCUT2D eigenvalue weighted by Crippen LogP contribution is -2.19. The van der Waals surface area contributed by atoms with Gasteiger partial charge in [0.15, 0.2) is 9.84 Å². The fourth-order valence-corrected chi connectivity index (χ4v) is 2.04. The zero-order valence-electron chi connectivity index (χ0n) is 7.23. The maximum atomic E-state index is 11.2. The van der Waals surface area contributed by atoms with Crippen LogP contribution in [-0.2, 0) is 16.3 Å². The first kappa shape index (κ1) is 10.2. The lowest BCUT2D eigenvalue weighted by Gasteiger charge is -1.99. The highest BCUT2D eigenvalue weighted by Crippen LogP contribution is 1.96. The minimum absolute atomic E-state index is 0.0493. The number of hydrogen-bond acceptors (Lipinski definition) is 4. The van der Waals surface area contributed by atoms with E-state index in [1.165, 1.54) is 0 Å². The Labute approximate surface area is 77.3 Å². The number of H-pyrrole nitrogens is 1. The molecule has 1 heterocycles. The molecule has 0 aliphatic rings. The summed E-state index contributed by atoms with van der Waals surface area (Å²) >= 11 is 0. The lowest BCUT2D eigenvalue weighted by atomic mass is 10.5. The zero-order valence-corrected chi connectivity index (χ0v) is 8.05. The molecule has 1 aromatic rings. The van der Waals surface area contributed by atoms with E-state index in [-0.39, 0.29) is 18.1 Å². The SMILES string of the molecule is NCCS(=O)(=O)CCc1ncc[nH]1. The Balaban J connectivity index is 2.43. The van der Waals surface area contributed by atoms with E-state index < -0.39 is 9.84 Å². The monoisotopic (exact) mass is 203 g/mol. The smallest absolute Gasteiger partial charge is 0.151 e. The molecule has 1 rings (SSSR count). The van der Waals surface area contributed by atoms with Gasteiger partial charge in [0.05, 0.1) is 11.5 Å². The summed E-state index contributed by atoms with van der Waals surface area (Å²) in [5, 5.41) is 0. The summed E-state index contributed by atoms with van der Waals surface area (Å²) < 4.78 is 22.4. The number of aromatic nitrogens is 2. The second kappa shape index (κ2) is 4.38. The van der Waals surface area contributed by atoms with Gasteiger partial charge in [0.1, 0.15) is 5.82 Å². The van der Waals surface area contributed by atoms with Crippen molar-refractivity contribution in [1.82, 2.24) is 9.97 Å². The Morgan fingerprint density at radius 1 is 1.46 bits per heavy atom. The van der Waals surface area contributed by atoms with Crippen LogP contribution in [-0.4, -0.2) is 36.4 Å². The van der Waals surface area contributed by atoms with Crippen LogP contribution in [0.2, 0.25) is 0 Å². The lowest BCUT2D eigenvalue weighted by molar-refractivity contribution is 0.594. The van der Waals surface area contributed by atoms with E-state index in [9.17, 15) is 8.42 Å². The van der Waals surface area contributed by atoms with E-state index in [1.807, 2.05) is 0 Å². The number of imidazole rings is 1. The number of aryl methyl sites for hydroxylation is 1. The normalized spacial score (nSPS) is 11.8. The van der Waals surface area contributed by atoms with E-state index >= 15 is 0 Å². The second-order valence-corrected chi connectivity index (χ2v) is 5.03. The minimum atomic E-state index is -2.99. The Morgan fingerprint density at radius 2 is 2.23 bits per heavy atom. The molecule has 5 nitrogen and oxygen atoms in total. The molecular weight excluding hydrogens is 190 g/mol. The molecule has 0 aliphatic carbocycles. The molecule has 0 unspecified atom stereocenters. The first-order valence-corrected chi connectivity index (χ1v) is 5.85. The van der Waals surface area contributed by atoms with Gasteiger partial charge in [-0.1, -0.05) is 0 Å². The van der Waals surface area contributed by atoms with Crippen molar-refractivity contribution < 1.29 is 8.42 Å². The first-order chi connectivity index (χ1) is 6.14. The maximum absolute atomic E-state index is 11.2. The maximum Gasteiger partial charge on any atom is 0.151 e. The van der Waals surface area contributed by atoms with E-state index in [2.05, 4.69) is 9.97 Å². The van der Waals surface area contributed by atoms with Crippen molar-refractivity contribution in [2.24, 2.45) is 5.73 Å². The molecule has 0 fully saturated rings. The van der Waals surface area contributed by atoms with Crippen LogP contribution in [0.1, 0.15) is 5.82 Å². The van der Waals surface area contributed by atoms with Crippen LogP contribution in [0.15, 0.2) is 12.4 Å². The predicted molar refractivity (Wildman–Crippen MR) is 50.0 cm³/mol. The molecule has 0 spiro atoms. The quantitative estimate of drug-likeness (QED) is 0.664. The van der Waals surface area contributed by atoms with E-state index in [0.29, 0.717) is 12.2 Å². The van der Waals surface area contributed by atoms with Crippen LogP contribution in [0.5, 0.6) is 0 Å². The number of nitrogens with two attached hydrogens (primary N) is 1. The van der Waals surface area contributed by atoms with E-state index in [0.717, 1.165) is 0 Å². The number of nitrogens with zero attached hydrogens (tertiary/aromatic N) is 1. The summed E-state index contributed by atoms with van der Waals surface area (Å²) in [5.74, 6) is 0.853. The third kappa shape index (κ3) is 3.56. The van der Waals surface area contributed by atoms with Crippen molar-refractivity contribution >= 4 is 9.84 Å². The molecule has 0 atom stereocenters. The first-order valence-electron chi connectivity index (χ1n) is 4.03. The van der Waals surface area contributed by atoms with Crippen molar-refractivity contribution in [2.75, 3.05) is 18.1 Å². The highest BCUT2D eigenvalue weighted by atomic mass is 32.2. The fraction of sp³-hybridized carbons (Fsp3) is 0.571. The summed E-state index contributed by atoms with van der Waals surface area (Å²) in [6.45, 7) is 0.181. The van der Waals surface area contributed by atoms with Gasteiger partial charge in [-0.05, 0) is 0 Å². The molecule has 0 saturated heterocycles. The summed E-state index contributed by atoms with van der Waals surface area (Å²) in [5.41, 5.74) is 5.16. The molecule has 13 heavy (non-hydrogen) atoms. The number of hydrogen-bond donors (Lipinski definition) is 2. The van der Waals surface area contributed by atoms with Gasteiger partial charge in [-0.15, -0.1) is 0 Å². The second-order valence-electron chi connectivity index (χ2n) is 2.73. The van der Waals surface area contributed by atoms with Crippen LogP contribution < -0.4 is 5.73 Å². The molecule has 0 aliphatic heterocycles. The average molecular weight is 203 g/mol. The van der Waals surface area contributed by atoms with Gasteiger partial charge in [-0.25, -0.2) is 13.4 Å². The number of rotatable bonds is 5. The summed E-state index contributed by atoms with van der Waals surface area (Å²) in [7, 11) is -2.99. The topological polar surface area (TPSA) is 88.8 Å². The van der Waals surface area contributed by atoms with Crippen molar-refractivity contribution in [3.05, 3.63) is 18.2 Å². The van der Waals surface area contributed by atoms with Crippen LogP contribution in [0.3, 0.4) is 0 Å². The van der Waals surface area contributed by atoms with Crippen LogP contribution in [0.25, 0.3) is 0 Å². The largest absolute Gasteiger partial charge is 0.349 e. The molecule has 0 amide bonds. The van der Waals surface area contributed by atoms with Gasteiger partial charge in [-0.3, -0.25) is 0 Å².